The lowest BCUT2D eigenvalue weighted by atomic mass is 9.82. The van der Waals surface area contributed by atoms with Crippen LogP contribution in [0.5, 0.6) is 5.75 Å². The van der Waals surface area contributed by atoms with Crippen LogP contribution in [-0.2, 0) is 0 Å². The Bertz CT molecular complexity index is 1040. The average Bonchev–Trinajstić information content (AvgIpc) is 2.59. The Morgan fingerprint density at radius 1 is 0.889 bits per heavy atom. The van der Waals surface area contributed by atoms with E-state index >= 15 is 0 Å². The zero-order chi connectivity index (χ0) is 19.7. The Morgan fingerprint density at radius 3 is 2.15 bits per heavy atom. The van der Waals surface area contributed by atoms with Gasteiger partial charge in [-0.3, -0.25) is 4.79 Å². The van der Waals surface area contributed by atoms with Gasteiger partial charge in [-0.1, -0.05) is 59.9 Å². The number of rotatable bonds is 4. The second-order valence-corrected chi connectivity index (χ2v) is 9.48. The van der Waals surface area contributed by atoms with Crippen molar-refractivity contribution in [3.8, 4) is 5.75 Å². The quantitative estimate of drug-likeness (QED) is 0.188. The van der Waals surface area contributed by atoms with Gasteiger partial charge in [0.25, 0.3) is 0 Å². The van der Waals surface area contributed by atoms with E-state index in [2.05, 4.69) is 63.7 Å². The summed E-state index contributed by atoms with van der Waals surface area (Å²) in [7, 11) is 0. The van der Waals surface area contributed by atoms with Crippen molar-refractivity contribution >= 4 is 75.7 Å². The Balaban J connectivity index is 2.39. The summed E-state index contributed by atoms with van der Waals surface area (Å²) in [5.74, 6) is -0.296. The fourth-order valence-corrected chi connectivity index (χ4v) is 5.65. The molecule has 0 saturated heterocycles. The first-order valence-electron chi connectivity index (χ1n) is 7.79. The molecule has 0 saturated carbocycles. The number of nitrogens with two attached hydrogens (primary N) is 1. The zero-order valence-corrected chi connectivity index (χ0v) is 20.1. The molecule has 0 radical (unpaired) electrons. The highest BCUT2D eigenvalue weighted by molar-refractivity contribution is 9.11. The summed E-state index contributed by atoms with van der Waals surface area (Å²) in [6.07, 6.45) is 0.815. The first kappa shape index (κ1) is 20.6. The maximum absolute atomic E-state index is 11.9. The van der Waals surface area contributed by atoms with Crippen LogP contribution >= 0.6 is 63.7 Å². The molecule has 0 spiro atoms. The van der Waals surface area contributed by atoms with Crippen LogP contribution in [0.1, 0.15) is 33.0 Å². The van der Waals surface area contributed by atoms with Crippen LogP contribution in [-0.4, -0.2) is 11.4 Å². The number of halogens is 4. The number of phenols is 1. The molecular weight excluding hydrogens is 606 g/mol. The number of carbonyl (C=O) groups is 1. The van der Waals surface area contributed by atoms with Gasteiger partial charge in [0, 0.05) is 36.2 Å². The molecule has 0 heterocycles. The van der Waals surface area contributed by atoms with Crippen LogP contribution in [0.4, 0.5) is 5.69 Å². The predicted molar refractivity (Wildman–Crippen MR) is 123 cm³/mol. The zero-order valence-electron chi connectivity index (χ0n) is 13.7. The van der Waals surface area contributed by atoms with E-state index in [1.54, 1.807) is 12.1 Å². The molecule has 3 nitrogen and oxygen atoms in total. The third-order valence-corrected chi connectivity index (χ3v) is 6.34. The van der Waals surface area contributed by atoms with Crippen molar-refractivity contribution < 1.29 is 9.90 Å². The fourth-order valence-electron chi connectivity index (χ4n) is 3.04. The van der Waals surface area contributed by atoms with Gasteiger partial charge in [0.2, 0.25) is 0 Å². The Labute approximate surface area is 190 Å². The molecule has 1 unspecified atom stereocenters. The maximum atomic E-state index is 11.9. The van der Waals surface area contributed by atoms with Crippen LogP contribution in [0.25, 0.3) is 0 Å². The molecule has 0 bridgehead atoms. The first-order valence-corrected chi connectivity index (χ1v) is 11.0. The minimum atomic E-state index is -0.406. The monoisotopic (exact) mass is 615 g/mol. The smallest absolute Gasteiger partial charge is 0.151 e. The van der Waals surface area contributed by atoms with E-state index in [0.29, 0.717) is 25.8 Å². The van der Waals surface area contributed by atoms with Gasteiger partial charge in [0.15, 0.2) is 6.29 Å². The number of aromatic hydroxyl groups is 1. The Hall–Kier alpha value is -1.15. The van der Waals surface area contributed by atoms with Gasteiger partial charge < -0.3 is 10.8 Å². The van der Waals surface area contributed by atoms with E-state index in [4.69, 9.17) is 5.73 Å². The normalized spacial score (nSPS) is 12.0. The molecule has 0 aliphatic rings. The van der Waals surface area contributed by atoms with E-state index < -0.39 is 5.92 Å². The molecule has 3 N–H and O–H groups in total. The van der Waals surface area contributed by atoms with Crippen molar-refractivity contribution in [3.63, 3.8) is 0 Å². The van der Waals surface area contributed by atoms with E-state index in [1.807, 2.05) is 36.4 Å². The number of hydrogen-bond acceptors (Lipinski definition) is 3. The standard InChI is InChI=1S/C20H13Br4NO2/c21-11-5-14(16(9-26)17(23)7-11)19(10-2-1-3-13(25)4-10)15-6-12(22)8-18(24)20(15)27/h1-9,19,27H,25H2. The molecular formula is C20H13Br4NO2. The molecule has 0 aliphatic heterocycles. The fraction of sp³-hybridized carbons (Fsp3) is 0.0500. The number of nitrogen functional groups attached to an aromatic ring is 1. The number of benzene rings is 3. The summed E-state index contributed by atoms with van der Waals surface area (Å²) in [6, 6.07) is 14.8. The highest BCUT2D eigenvalue weighted by Crippen LogP contribution is 2.44. The van der Waals surface area contributed by atoms with Gasteiger partial charge in [-0.15, -0.1) is 0 Å². The van der Waals surface area contributed by atoms with Crippen LogP contribution in [0.3, 0.4) is 0 Å². The largest absolute Gasteiger partial charge is 0.506 e. The molecule has 0 amide bonds. The minimum Gasteiger partial charge on any atom is -0.506 e. The second kappa shape index (κ2) is 8.47. The van der Waals surface area contributed by atoms with Crippen LogP contribution in [0, 0.1) is 0 Å². The summed E-state index contributed by atoms with van der Waals surface area (Å²) in [5, 5.41) is 10.8. The molecule has 27 heavy (non-hydrogen) atoms. The molecule has 3 rings (SSSR count). The average molecular weight is 619 g/mol. The van der Waals surface area contributed by atoms with Crippen molar-refractivity contribution in [2.75, 3.05) is 5.73 Å². The van der Waals surface area contributed by atoms with E-state index in [0.717, 1.165) is 26.4 Å². The molecule has 0 aliphatic carbocycles. The third-order valence-electron chi connectivity index (χ3n) is 4.17. The highest BCUT2D eigenvalue weighted by atomic mass is 79.9. The van der Waals surface area contributed by atoms with Crippen molar-refractivity contribution in [2.24, 2.45) is 0 Å². The summed E-state index contributed by atoms with van der Waals surface area (Å²) in [5.41, 5.74) is 9.39. The summed E-state index contributed by atoms with van der Waals surface area (Å²) < 4.78 is 2.85. The van der Waals surface area contributed by atoms with Gasteiger partial charge in [0.05, 0.1) is 4.47 Å². The maximum Gasteiger partial charge on any atom is 0.151 e. The first-order chi connectivity index (χ1) is 12.8. The molecule has 138 valence electrons. The van der Waals surface area contributed by atoms with Crippen molar-refractivity contribution in [3.05, 3.63) is 88.7 Å². The summed E-state index contributed by atoms with van der Waals surface area (Å²) in [4.78, 5) is 11.9. The molecule has 3 aromatic rings. The van der Waals surface area contributed by atoms with E-state index in [1.165, 1.54) is 0 Å². The highest BCUT2D eigenvalue weighted by Gasteiger charge is 2.26. The summed E-state index contributed by atoms with van der Waals surface area (Å²) >= 11 is 13.8. The molecule has 0 fully saturated rings. The molecule has 7 heteroatoms. The van der Waals surface area contributed by atoms with Crippen molar-refractivity contribution in [1.29, 1.82) is 0 Å². The lowest BCUT2D eigenvalue weighted by molar-refractivity contribution is 0.112. The minimum absolute atomic E-state index is 0.110. The lowest BCUT2D eigenvalue weighted by Gasteiger charge is -2.23. The van der Waals surface area contributed by atoms with E-state index in [9.17, 15) is 9.90 Å². The third kappa shape index (κ3) is 4.31. The molecule has 3 aromatic carbocycles. The van der Waals surface area contributed by atoms with Gasteiger partial charge in [-0.05, 0) is 63.5 Å². The van der Waals surface area contributed by atoms with Gasteiger partial charge in [-0.2, -0.15) is 0 Å². The number of hydrogen-bond donors (Lipinski definition) is 2. The summed E-state index contributed by atoms with van der Waals surface area (Å²) in [6.45, 7) is 0. The lowest BCUT2D eigenvalue weighted by Crippen LogP contribution is -2.08. The Morgan fingerprint density at radius 2 is 1.52 bits per heavy atom. The number of anilines is 1. The second-order valence-electron chi connectivity index (χ2n) is 5.94. The van der Waals surface area contributed by atoms with Crippen molar-refractivity contribution in [1.82, 2.24) is 0 Å². The Kier molecular flexibility index (Phi) is 6.46. The SMILES string of the molecule is Nc1cccc(C(c2cc(Br)cc(Br)c2O)c2cc(Br)cc(Br)c2C=O)c1. The van der Waals surface area contributed by atoms with Gasteiger partial charge in [-0.25, -0.2) is 0 Å². The topological polar surface area (TPSA) is 63.3 Å². The molecule has 1 atom stereocenters. The van der Waals surface area contributed by atoms with Gasteiger partial charge >= 0.3 is 0 Å². The van der Waals surface area contributed by atoms with Crippen molar-refractivity contribution in [2.45, 2.75) is 5.92 Å². The van der Waals surface area contributed by atoms with Crippen LogP contribution in [0.2, 0.25) is 0 Å². The number of phenolic OH excluding ortho intramolecular Hbond substituents is 1. The number of carbonyl (C=O) groups excluding carboxylic acids is 1. The van der Waals surface area contributed by atoms with Crippen LogP contribution < -0.4 is 5.73 Å². The van der Waals surface area contributed by atoms with Crippen LogP contribution in [0.15, 0.2) is 66.4 Å². The van der Waals surface area contributed by atoms with E-state index in [-0.39, 0.29) is 5.75 Å². The molecule has 0 aromatic heterocycles. The van der Waals surface area contributed by atoms with Gasteiger partial charge in [0.1, 0.15) is 5.75 Å². The predicted octanol–water partition coefficient (Wildman–Crippen LogP) is 7.02. The number of aldehydes is 1.